The molecule has 0 aromatic rings. The zero-order chi connectivity index (χ0) is 78.3. The average molecular weight is 1440 g/mol. The van der Waals surface area contributed by atoms with E-state index < -0.39 is 99.7 Å². The van der Waals surface area contributed by atoms with Crippen molar-refractivity contribution in [1.29, 1.82) is 42.1 Å². The number of unbranched alkanes of at least 4 members (excludes halogenated alkanes) is 8. The van der Waals surface area contributed by atoms with Crippen LogP contribution in [0.25, 0.3) is 0 Å². The van der Waals surface area contributed by atoms with Crippen LogP contribution in [0.3, 0.4) is 0 Å². The number of carbonyl (C=O) groups excluding carboxylic acids is 4. The minimum Gasteiger partial charge on any atom is -0.461 e. The third kappa shape index (κ3) is 24.5. The van der Waals surface area contributed by atoms with Crippen molar-refractivity contribution in [3.63, 3.8) is 0 Å². The number of esters is 4. The van der Waals surface area contributed by atoms with Gasteiger partial charge in [-0.3, -0.25) is 0 Å². The van der Waals surface area contributed by atoms with E-state index in [9.17, 15) is 42.1 Å². The summed E-state index contributed by atoms with van der Waals surface area (Å²) in [6.07, 6.45) is 15.8. The maximum absolute atomic E-state index is 15.3. The van der Waals surface area contributed by atoms with Crippen LogP contribution in [-0.2, 0) is 38.1 Å². The van der Waals surface area contributed by atoms with E-state index in [2.05, 4.69) is 99.3 Å². The van der Waals surface area contributed by atoms with Crippen molar-refractivity contribution < 1.29 is 38.1 Å². The molecule has 0 heterocycles. The van der Waals surface area contributed by atoms with Crippen molar-refractivity contribution in [3.05, 3.63) is 89.7 Å². The van der Waals surface area contributed by atoms with Gasteiger partial charge in [-0.05, 0) is 147 Å². The molecule has 0 amide bonds. The zero-order valence-corrected chi connectivity index (χ0v) is 66.6. The lowest BCUT2D eigenvalue weighted by Crippen LogP contribution is -2.44. The molecule has 4 aliphatic rings. The first-order valence-corrected chi connectivity index (χ1v) is 38.7. The van der Waals surface area contributed by atoms with Crippen LogP contribution in [0.2, 0.25) is 0 Å². The molecule has 0 atom stereocenters. The molecular weight excluding hydrogens is 1320 g/mol. The van der Waals surface area contributed by atoms with Crippen LogP contribution >= 0.6 is 0 Å². The highest BCUT2D eigenvalue weighted by molar-refractivity contribution is 5.97. The molecule has 20 heteroatoms. The number of ether oxygens (including phenoxy) is 4. The Balaban J connectivity index is 2.21. The second kappa shape index (κ2) is 42.2. The molecule has 0 fully saturated rings. The van der Waals surface area contributed by atoms with Crippen LogP contribution in [-0.4, -0.2) is 122 Å². The van der Waals surface area contributed by atoms with Gasteiger partial charge in [-0.25, -0.2) is 19.2 Å². The van der Waals surface area contributed by atoms with Gasteiger partial charge in [0.05, 0.1) is 22.3 Å². The molecule has 0 spiro atoms. The highest BCUT2D eigenvalue weighted by atomic mass is 16.6. The Hall–Kier alpha value is -9.08. The third-order valence-electron chi connectivity index (χ3n) is 20.3. The first-order valence-electron chi connectivity index (χ1n) is 38.7. The van der Waals surface area contributed by atoms with Gasteiger partial charge in [-0.2, -0.15) is 42.1 Å². The summed E-state index contributed by atoms with van der Waals surface area (Å²) >= 11 is 0. The van der Waals surface area contributed by atoms with Crippen molar-refractivity contribution >= 4 is 23.9 Å². The largest absolute Gasteiger partial charge is 0.461 e. The van der Waals surface area contributed by atoms with Gasteiger partial charge in [0.2, 0.25) is 0 Å². The van der Waals surface area contributed by atoms with E-state index >= 15 is 19.2 Å². The van der Waals surface area contributed by atoms with E-state index in [4.69, 9.17) is 18.9 Å². The Labute approximate surface area is 629 Å². The molecule has 20 nitrogen and oxygen atoms in total. The van der Waals surface area contributed by atoms with Crippen molar-refractivity contribution in [3.8, 4) is 48.6 Å². The van der Waals surface area contributed by atoms with Gasteiger partial charge < -0.3 is 38.5 Å². The second-order valence-electron chi connectivity index (χ2n) is 32.2. The normalized spacial score (nSPS) is 18.6. The quantitative estimate of drug-likeness (QED) is 0.0238. The zero-order valence-electron chi connectivity index (χ0n) is 66.6. The van der Waals surface area contributed by atoms with E-state index in [-0.39, 0.29) is 70.3 Å². The summed E-state index contributed by atoms with van der Waals surface area (Å²) in [5.74, 6) is -4.93. The highest BCUT2D eigenvalue weighted by Gasteiger charge is 2.45. The number of nitrogens with zero attached hydrogens (tertiary/aromatic N) is 12. The van der Waals surface area contributed by atoms with Gasteiger partial charge >= 0.3 is 23.9 Å². The first kappa shape index (κ1) is 88.3. The molecule has 0 N–H and O–H groups in total. The van der Waals surface area contributed by atoms with Gasteiger partial charge in [-0.15, -0.1) is 0 Å². The fraction of sp³-hybridized carbons (Fsp3) is 0.671. The number of hydrogen-bond acceptors (Lipinski definition) is 20. The summed E-state index contributed by atoms with van der Waals surface area (Å²) in [5, 5.41) is 89.4. The van der Waals surface area contributed by atoms with Crippen molar-refractivity contribution in [2.45, 2.75) is 265 Å². The molecular formula is C85H120N12O8. The molecule has 0 aromatic carbocycles. The highest BCUT2D eigenvalue weighted by Crippen LogP contribution is 2.49. The number of nitriles is 8. The fourth-order valence-electron chi connectivity index (χ4n) is 14.5. The Bertz CT molecular complexity index is 3230. The fourth-order valence-corrected chi connectivity index (χ4v) is 14.5. The maximum Gasteiger partial charge on any atom is 0.349 e. The Morgan fingerprint density at radius 2 is 0.467 bits per heavy atom. The first-order chi connectivity index (χ1) is 50.0. The molecule has 0 unspecified atom stereocenters. The van der Waals surface area contributed by atoms with Gasteiger partial charge in [0.15, 0.2) is 0 Å². The lowest BCUT2D eigenvalue weighted by atomic mass is 9.72. The Morgan fingerprint density at radius 3 is 0.600 bits per heavy atom. The molecule has 0 bridgehead atoms. The molecule has 4 rings (SSSR count). The SMILES string of the molecule is CCCCN(CCCC)C1=C(C#N)/C(=C(/C#N)C(=O)OCC(COC(=O)/C(C#N)=C2\CC(C)(C)CC(N(CCCC)CCCC)=C2C#N)(COC(=O)/C(C#N)=C2\CC(C)(C)CC(N(CCCC)CCCC)=C2C#N)COC(=O)/C(C#N)=C2\CC(C)(C)CC(N(CCCC)CCCC)=C2C#N)CC(C)(C)C1. The summed E-state index contributed by atoms with van der Waals surface area (Å²) in [6, 6.07) is 17.6. The van der Waals surface area contributed by atoms with Crippen LogP contribution < -0.4 is 0 Å². The molecule has 0 aromatic heterocycles. The molecule has 105 heavy (non-hydrogen) atoms. The minimum atomic E-state index is -2.27. The van der Waals surface area contributed by atoms with Crippen LogP contribution in [0.1, 0.15) is 265 Å². The maximum atomic E-state index is 15.3. The van der Waals surface area contributed by atoms with E-state index in [0.29, 0.717) is 101 Å². The van der Waals surface area contributed by atoms with Gasteiger partial charge in [0.25, 0.3) is 0 Å². The number of allylic oxidation sites excluding steroid dienone is 12. The summed E-state index contributed by atoms with van der Waals surface area (Å²) in [4.78, 5) is 69.9. The van der Waals surface area contributed by atoms with Crippen molar-refractivity contribution in [2.24, 2.45) is 27.1 Å². The summed E-state index contributed by atoms with van der Waals surface area (Å²) in [5.41, 5.74) is -2.70. The summed E-state index contributed by atoms with van der Waals surface area (Å²) in [7, 11) is 0. The molecule has 0 saturated carbocycles. The third-order valence-corrected chi connectivity index (χ3v) is 20.3. The van der Waals surface area contributed by atoms with Crippen molar-refractivity contribution in [1.82, 2.24) is 19.6 Å². The Morgan fingerprint density at radius 1 is 0.305 bits per heavy atom. The average Bonchev–Trinajstić information content (AvgIpc) is 0.795. The van der Waals surface area contributed by atoms with Crippen LogP contribution in [0.4, 0.5) is 0 Å². The van der Waals surface area contributed by atoms with E-state index in [1.165, 1.54) is 0 Å². The summed E-state index contributed by atoms with van der Waals surface area (Å²) < 4.78 is 25.1. The van der Waals surface area contributed by atoms with Crippen LogP contribution in [0, 0.1) is 118 Å². The topological polar surface area (TPSA) is 308 Å². The standard InChI is InChI=1S/C85H120N12O8/c1-17-25-33-94(34-26-18-2)73-45-81(9,10)41-61(65(73)49-86)69(53-90)77(98)102-57-85(58-103-78(99)70(54-91)62-42-82(11,12)46-74(66(62)50-87)95(35-27-19-3)36-28-20-4,59-104-79(100)71(55-92)63-43-83(13,14)47-75(67(63)51-88)96(37-29-21-5)38-30-22-6)60-105-80(101)72(56-93)64-44-84(15,16)48-76(68(64)52-89)97(39-31-23-7)40-32-24-8/h17-48,57-60H2,1-16H3/b69-61-,70-62+,71-63+,72-64+. The van der Waals surface area contributed by atoms with Gasteiger partial charge in [0.1, 0.15) is 103 Å². The van der Waals surface area contributed by atoms with Crippen LogP contribution in [0.5, 0.6) is 0 Å². The lowest BCUT2D eigenvalue weighted by Gasteiger charge is -2.39. The molecule has 0 radical (unpaired) electrons. The number of rotatable bonds is 40. The van der Waals surface area contributed by atoms with Gasteiger partial charge in [0, 0.05) is 75.1 Å². The number of carbonyl (C=O) groups is 4. The predicted octanol–water partition coefficient (Wildman–Crippen LogP) is 17.4. The molecule has 0 saturated heterocycles. The lowest BCUT2D eigenvalue weighted by molar-refractivity contribution is -0.165. The van der Waals surface area contributed by atoms with E-state index in [1.807, 2.05) is 79.7 Å². The van der Waals surface area contributed by atoms with E-state index in [0.717, 1.165) is 103 Å². The van der Waals surface area contributed by atoms with Crippen molar-refractivity contribution in [2.75, 3.05) is 78.8 Å². The monoisotopic (exact) mass is 1440 g/mol. The predicted molar refractivity (Wildman–Crippen MR) is 405 cm³/mol. The minimum absolute atomic E-state index is 0.111. The summed E-state index contributed by atoms with van der Waals surface area (Å²) in [6.45, 7) is 33.5. The molecule has 568 valence electrons. The van der Waals surface area contributed by atoms with Crippen LogP contribution in [0.15, 0.2) is 89.7 Å². The smallest absolute Gasteiger partial charge is 0.349 e. The molecule has 4 aliphatic carbocycles. The molecule has 0 aliphatic heterocycles. The Kier molecular flexibility index (Phi) is 35.5. The van der Waals surface area contributed by atoms with Gasteiger partial charge in [-0.1, -0.05) is 162 Å². The second-order valence-corrected chi connectivity index (χ2v) is 32.2. The van der Waals surface area contributed by atoms with E-state index in [1.54, 1.807) is 0 Å². The number of hydrogen-bond donors (Lipinski definition) is 0.